The third-order valence-corrected chi connectivity index (χ3v) is 3.59. The highest BCUT2D eigenvalue weighted by molar-refractivity contribution is 5.90. The molecule has 2 atom stereocenters. The maximum absolute atomic E-state index is 12.1. The predicted octanol–water partition coefficient (Wildman–Crippen LogP) is 1.97. The first-order chi connectivity index (χ1) is 11.7. The number of nitrogens with one attached hydrogen (secondary N) is 1. The molecule has 1 aliphatic rings. The Morgan fingerprint density at radius 2 is 1.54 bits per heavy atom. The predicted molar refractivity (Wildman–Crippen MR) is 85.2 cm³/mol. The van der Waals surface area contributed by atoms with Gasteiger partial charge in [-0.3, -0.25) is 4.84 Å². The Hall–Kier alpha value is -2.70. The molecule has 1 N–H and O–H groups in total. The third kappa shape index (κ3) is 3.98. The summed E-state index contributed by atoms with van der Waals surface area (Å²) in [5, 5.41) is 0. The normalized spacial score (nSPS) is 19.7. The van der Waals surface area contributed by atoms with Crippen LogP contribution in [0.1, 0.15) is 20.7 Å². The van der Waals surface area contributed by atoms with E-state index in [2.05, 4.69) is 5.48 Å². The van der Waals surface area contributed by atoms with Crippen molar-refractivity contribution in [1.82, 2.24) is 5.48 Å². The molecule has 1 saturated heterocycles. The van der Waals surface area contributed by atoms with Crippen LogP contribution in [0.5, 0.6) is 0 Å². The fourth-order valence-electron chi connectivity index (χ4n) is 2.30. The first-order valence-corrected chi connectivity index (χ1v) is 7.61. The molecule has 0 bridgehead atoms. The molecule has 0 aromatic heterocycles. The average molecular weight is 327 g/mol. The maximum Gasteiger partial charge on any atom is 0.338 e. The molecule has 6 nitrogen and oxygen atoms in total. The molecule has 0 radical (unpaired) electrons. The quantitative estimate of drug-likeness (QED) is 0.847. The van der Waals surface area contributed by atoms with Crippen LogP contribution in [-0.4, -0.2) is 37.3 Å². The van der Waals surface area contributed by atoms with Gasteiger partial charge in [-0.25, -0.2) is 9.59 Å². The molecule has 0 spiro atoms. The lowest BCUT2D eigenvalue weighted by molar-refractivity contribution is -0.0475. The molecule has 1 unspecified atom stereocenters. The Kier molecular flexibility index (Phi) is 5.20. The van der Waals surface area contributed by atoms with Crippen LogP contribution in [0.15, 0.2) is 60.7 Å². The van der Waals surface area contributed by atoms with E-state index in [0.29, 0.717) is 17.7 Å². The van der Waals surface area contributed by atoms with Gasteiger partial charge in [-0.2, -0.15) is 5.48 Å². The summed E-state index contributed by atoms with van der Waals surface area (Å²) in [6.07, 6.45) is -1.08. The van der Waals surface area contributed by atoms with Crippen molar-refractivity contribution in [2.24, 2.45) is 0 Å². The topological polar surface area (TPSA) is 73.9 Å². The van der Waals surface area contributed by atoms with Crippen molar-refractivity contribution in [3.8, 4) is 0 Å². The van der Waals surface area contributed by atoms with Gasteiger partial charge in [-0.1, -0.05) is 36.4 Å². The van der Waals surface area contributed by atoms with Crippen LogP contribution in [0.2, 0.25) is 0 Å². The smallest absolute Gasteiger partial charge is 0.338 e. The standard InChI is InChI=1S/C18H17NO5/c20-17(13-7-3-1-4-8-13)22-12-16-15(11-19-24-16)23-18(21)14-9-5-2-6-10-14/h1-10,15-16,19H,11-12H2/t15?,16-/m1/s1. The zero-order valence-electron chi connectivity index (χ0n) is 12.9. The van der Waals surface area contributed by atoms with E-state index in [4.69, 9.17) is 14.3 Å². The molecule has 6 heteroatoms. The Morgan fingerprint density at radius 1 is 0.958 bits per heavy atom. The van der Waals surface area contributed by atoms with Gasteiger partial charge in [0, 0.05) is 0 Å². The van der Waals surface area contributed by atoms with Gasteiger partial charge in [0.05, 0.1) is 17.7 Å². The van der Waals surface area contributed by atoms with Gasteiger partial charge in [0.2, 0.25) is 0 Å². The van der Waals surface area contributed by atoms with E-state index < -0.39 is 24.1 Å². The highest BCUT2D eigenvalue weighted by Gasteiger charge is 2.33. The van der Waals surface area contributed by atoms with E-state index in [1.54, 1.807) is 48.5 Å². The number of carbonyl (C=O) groups is 2. The van der Waals surface area contributed by atoms with Gasteiger partial charge < -0.3 is 9.47 Å². The number of hydrogen-bond donors (Lipinski definition) is 1. The highest BCUT2D eigenvalue weighted by atomic mass is 16.7. The lowest BCUT2D eigenvalue weighted by Gasteiger charge is -2.17. The van der Waals surface area contributed by atoms with Gasteiger partial charge in [0.15, 0.2) is 6.10 Å². The molecular formula is C18H17NO5. The number of hydrogen-bond acceptors (Lipinski definition) is 6. The van der Waals surface area contributed by atoms with E-state index in [0.717, 1.165) is 0 Å². The zero-order chi connectivity index (χ0) is 16.8. The van der Waals surface area contributed by atoms with Crippen molar-refractivity contribution in [2.45, 2.75) is 12.2 Å². The molecule has 2 aromatic carbocycles. The summed E-state index contributed by atoms with van der Waals surface area (Å²) in [6.45, 7) is 0.333. The number of rotatable bonds is 5. The Morgan fingerprint density at radius 3 is 2.17 bits per heavy atom. The summed E-state index contributed by atoms with van der Waals surface area (Å²) >= 11 is 0. The number of carbonyl (C=O) groups excluding carboxylic acids is 2. The second kappa shape index (κ2) is 7.72. The highest BCUT2D eigenvalue weighted by Crippen LogP contribution is 2.14. The van der Waals surface area contributed by atoms with Crippen LogP contribution in [0.3, 0.4) is 0 Å². The average Bonchev–Trinajstić information content (AvgIpc) is 3.08. The summed E-state index contributed by atoms with van der Waals surface area (Å²) in [5.41, 5.74) is 3.60. The minimum absolute atomic E-state index is 0.00648. The van der Waals surface area contributed by atoms with E-state index >= 15 is 0 Å². The summed E-state index contributed by atoms with van der Waals surface area (Å²) in [4.78, 5) is 29.3. The SMILES string of the molecule is O=C(OC[C@H]1ONCC1OC(=O)c1ccccc1)c1ccccc1. The minimum atomic E-state index is -0.551. The molecule has 2 aromatic rings. The monoisotopic (exact) mass is 327 g/mol. The van der Waals surface area contributed by atoms with Crippen molar-refractivity contribution < 1.29 is 23.9 Å². The molecule has 1 fully saturated rings. The molecule has 1 heterocycles. The summed E-state index contributed by atoms with van der Waals surface area (Å²) in [6, 6.07) is 17.4. The molecule has 0 saturated carbocycles. The van der Waals surface area contributed by atoms with Gasteiger partial charge in [-0.05, 0) is 24.3 Å². The zero-order valence-corrected chi connectivity index (χ0v) is 12.9. The number of ether oxygens (including phenoxy) is 2. The largest absolute Gasteiger partial charge is 0.459 e. The van der Waals surface area contributed by atoms with Gasteiger partial charge in [0.1, 0.15) is 12.7 Å². The second-order valence-corrected chi connectivity index (χ2v) is 5.28. The lowest BCUT2D eigenvalue weighted by atomic mass is 10.2. The summed E-state index contributed by atoms with van der Waals surface area (Å²) in [7, 11) is 0. The van der Waals surface area contributed by atoms with Crippen LogP contribution in [-0.2, 0) is 14.3 Å². The van der Waals surface area contributed by atoms with Crippen molar-refractivity contribution in [2.75, 3.05) is 13.2 Å². The first kappa shape index (κ1) is 16.2. The lowest BCUT2D eigenvalue weighted by Crippen LogP contribution is -2.33. The number of esters is 2. The van der Waals surface area contributed by atoms with Crippen LogP contribution < -0.4 is 5.48 Å². The summed E-state index contributed by atoms with van der Waals surface area (Å²) < 4.78 is 10.7. The Balaban J connectivity index is 1.54. The van der Waals surface area contributed by atoms with Crippen LogP contribution in [0.4, 0.5) is 0 Å². The number of hydroxylamine groups is 1. The Bertz CT molecular complexity index is 689. The molecule has 1 aliphatic heterocycles. The maximum atomic E-state index is 12.1. The fourth-order valence-corrected chi connectivity index (χ4v) is 2.30. The van der Waals surface area contributed by atoms with E-state index in [-0.39, 0.29) is 6.61 Å². The Labute approximate surface area is 139 Å². The molecule has 24 heavy (non-hydrogen) atoms. The van der Waals surface area contributed by atoms with Crippen LogP contribution in [0.25, 0.3) is 0 Å². The molecular weight excluding hydrogens is 310 g/mol. The van der Waals surface area contributed by atoms with Crippen molar-refractivity contribution in [1.29, 1.82) is 0 Å². The van der Waals surface area contributed by atoms with Gasteiger partial charge in [0.25, 0.3) is 0 Å². The number of benzene rings is 2. The van der Waals surface area contributed by atoms with E-state index in [1.165, 1.54) is 0 Å². The van der Waals surface area contributed by atoms with E-state index in [1.807, 2.05) is 12.1 Å². The molecule has 124 valence electrons. The van der Waals surface area contributed by atoms with Gasteiger partial charge >= 0.3 is 11.9 Å². The van der Waals surface area contributed by atoms with Crippen molar-refractivity contribution in [3.63, 3.8) is 0 Å². The van der Waals surface area contributed by atoms with Crippen molar-refractivity contribution in [3.05, 3.63) is 71.8 Å². The first-order valence-electron chi connectivity index (χ1n) is 7.61. The molecule has 0 amide bonds. The van der Waals surface area contributed by atoms with Crippen LogP contribution >= 0.6 is 0 Å². The summed E-state index contributed by atoms with van der Waals surface area (Å²) in [5.74, 6) is -0.883. The van der Waals surface area contributed by atoms with Crippen LogP contribution in [0, 0.1) is 0 Å². The van der Waals surface area contributed by atoms with Gasteiger partial charge in [-0.15, -0.1) is 0 Å². The molecule has 3 rings (SSSR count). The fraction of sp³-hybridized carbons (Fsp3) is 0.222. The third-order valence-electron chi connectivity index (χ3n) is 3.59. The van der Waals surface area contributed by atoms with E-state index in [9.17, 15) is 9.59 Å². The molecule has 0 aliphatic carbocycles. The second-order valence-electron chi connectivity index (χ2n) is 5.28. The van der Waals surface area contributed by atoms with Crippen molar-refractivity contribution >= 4 is 11.9 Å². The minimum Gasteiger partial charge on any atom is -0.459 e.